The predicted octanol–water partition coefficient (Wildman–Crippen LogP) is 0.421. The van der Waals surface area contributed by atoms with E-state index in [1.807, 2.05) is 24.3 Å². The van der Waals surface area contributed by atoms with Crippen LogP contribution < -0.4 is 5.32 Å². The maximum atomic E-state index is 12.6. The van der Waals surface area contributed by atoms with E-state index in [2.05, 4.69) is 20.6 Å². The van der Waals surface area contributed by atoms with Crippen molar-refractivity contribution in [2.24, 2.45) is 20.0 Å². The highest BCUT2D eigenvalue weighted by atomic mass is 16.2. The van der Waals surface area contributed by atoms with Gasteiger partial charge < -0.3 is 10.2 Å². The van der Waals surface area contributed by atoms with Crippen LogP contribution in [0.4, 0.5) is 0 Å². The van der Waals surface area contributed by atoms with Crippen molar-refractivity contribution in [3.63, 3.8) is 0 Å². The van der Waals surface area contributed by atoms with Gasteiger partial charge in [0.2, 0.25) is 5.91 Å². The van der Waals surface area contributed by atoms with Gasteiger partial charge in [0.1, 0.15) is 0 Å². The molecule has 0 bridgehead atoms. The number of amides is 2. The number of carbonyl (C=O) groups is 2. The summed E-state index contributed by atoms with van der Waals surface area (Å²) in [6, 6.07) is 0.283. The zero-order chi connectivity index (χ0) is 18.3. The van der Waals surface area contributed by atoms with E-state index in [1.165, 1.54) is 11.0 Å². The molecule has 138 valence electrons. The first kappa shape index (κ1) is 16.7. The Morgan fingerprint density at radius 1 is 1.23 bits per heavy atom. The number of hydrogen-bond donors (Lipinski definition) is 1. The van der Waals surface area contributed by atoms with Crippen LogP contribution >= 0.6 is 0 Å². The van der Waals surface area contributed by atoms with E-state index in [4.69, 9.17) is 0 Å². The van der Waals surface area contributed by atoms with Gasteiger partial charge in [-0.15, -0.1) is 5.10 Å². The van der Waals surface area contributed by atoms with Gasteiger partial charge in [0.05, 0.1) is 18.4 Å². The van der Waals surface area contributed by atoms with Crippen molar-refractivity contribution in [3.8, 4) is 0 Å². The highest BCUT2D eigenvalue weighted by Gasteiger charge is 2.44. The van der Waals surface area contributed by atoms with Gasteiger partial charge in [-0.1, -0.05) is 0 Å². The Morgan fingerprint density at radius 2 is 2.04 bits per heavy atom. The number of aromatic nitrogens is 5. The molecule has 9 nitrogen and oxygen atoms in total. The third kappa shape index (κ3) is 3.21. The average Bonchev–Trinajstić information content (AvgIpc) is 3.21. The molecular weight excluding hydrogens is 334 g/mol. The molecule has 0 unspecified atom stereocenters. The normalized spacial score (nSPS) is 23.3. The van der Waals surface area contributed by atoms with Crippen molar-refractivity contribution in [1.29, 1.82) is 0 Å². The van der Waals surface area contributed by atoms with E-state index in [0.717, 1.165) is 24.8 Å². The largest absolute Gasteiger partial charge is 0.350 e. The molecule has 2 fully saturated rings. The van der Waals surface area contributed by atoms with Crippen LogP contribution in [0.2, 0.25) is 0 Å². The van der Waals surface area contributed by atoms with Crippen molar-refractivity contribution in [2.45, 2.75) is 37.8 Å². The van der Waals surface area contributed by atoms with Crippen molar-refractivity contribution in [3.05, 3.63) is 29.8 Å². The maximum absolute atomic E-state index is 12.6. The van der Waals surface area contributed by atoms with Crippen LogP contribution in [0.3, 0.4) is 0 Å². The van der Waals surface area contributed by atoms with Gasteiger partial charge in [-0.05, 0) is 19.3 Å². The topological polar surface area (TPSA) is 97.9 Å². The summed E-state index contributed by atoms with van der Waals surface area (Å²) >= 11 is 0. The fraction of sp³-hybridized carbons (Fsp3) is 0.588. The van der Waals surface area contributed by atoms with E-state index in [0.29, 0.717) is 24.7 Å². The standard InChI is InChI=1S/C17H23N7O2/c1-22-10-12(8-19-22)16-11(3-6-15(25)24(16)13-4-5-13)7-18-17(26)14-9-20-23(2)21-14/h8-11,13,16H,3-7H2,1-2H3,(H,18,26)/t11-,16+/m1/s1. The molecule has 1 aliphatic heterocycles. The number of carbonyl (C=O) groups excluding carboxylic acids is 2. The maximum Gasteiger partial charge on any atom is 0.273 e. The first-order chi connectivity index (χ1) is 12.5. The minimum atomic E-state index is -0.238. The summed E-state index contributed by atoms with van der Waals surface area (Å²) < 4.78 is 1.76. The second kappa shape index (κ2) is 6.54. The van der Waals surface area contributed by atoms with Gasteiger partial charge in [-0.2, -0.15) is 15.0 Å². The predicted molar refractivity (Wildman–Crippen MR) is 91.9 cm³/mol. The third-order valence-electron chi connectivity index (χ3n) is 5.13. The molecule has 1 saturated heterocycles. The van der Waals surface area contributed by atoms with Gasteiger partial charge in [0, 0.05) is 50.8 Å². The van der Waals surface area contributed by atoms with E-state index < -0.39 is 0 Å². The quantitative estimate of drug-likeness (QED) is 0.836. The molecule has 2 atom stereocenters. The molecule has 4 rings (SSSR count). The lowest BCUT2D eigenvalue weighted by Crippen LogP contribution is -2.47. The van der Waals surface area contributed by atoms with Crippen LogP contribution in [0.1, 0.15) is 47.8 Å². The monoisotopic (exact) mass is 357 g/mol. The lowest BCUT2D eigenvalue weighted by Gasteiger charge is -2.41. The number of nitrogens with zero attached hydrogens (tertiary/aromatic N) is 6. The van der Waals surface area contributed by atoms with Gasteiger partial charge in [-0.25, -0.2) is 0 Å². The smallest absolute Gasteiger partial charge is 0.273 e. The summed E-state index contributed by atoms with van der Waals surface area (Å²) in [4.78, 5) is 28.3. The average molecular weight is 357 g/mol. The number of rotatable bonds is 5. The molecule has 1 aliphatic carbocycles. The Kier molecular flexibility index (Phi) is 4.21. The Balaban J connectivity index is 1.52. The minimum absolute atomic E-state index is 0.0420. The zero-order valence-corrected chi connectivity index (χ0v) is 15.0. The number of piperidine rings is 1. The summed E-state index contributed by atoms with van der Waals surface area (Å²) in [6.45, 7) is 0.492. The summed E-state index contributed by atoms with van der Waals surface area (Å²) in [5, 5.41) is 15.2. The molecular formula is C17H23N7O2. The molecule has 3 heterocycles. The van der Waals surface area contributed by atoms with Crippen LogP contribution in [-0.4, -0.2) is 54.1 Å². The molecule has 0 radical (unpaired) electrons. The Hall–Kier alpha value is -2.71. The van der Waals surface area contributed by atoms with Crippen molar-refractivity contribution in [1.82, 2.24) is 35.0 Å². The van der Waals surface area contributed by atoms with Crippen LogP contribution in [0.25, 0.3) is 0 Å². The van der Waals surface area contributed by atoms with Crippen molar-refractivity contribution in [2.75, 3.05) is 6.54 Å². The molecule has 2 aromatic rings. The molecule has 2 aliphatic rings. The van der Waals surface area contributed by atoms with E-state index in [9.17, 15) is 9.59 Å². The number of hydrogen-bond acceptors (Lipinski definition) is 5. The number of likely N-dealkylation sites (tertiary alicyclic amines) is 1. The van der Waals surface area contributed by atoms with Crippen LogP contribution in [0, 0.1) is 5.92 Å². The Bertz CT molecular complexity index is 823. The second-order valence-electron chi connectivity index (χ2n) is 7.15. The summed E-state index contributed by atoms with van der Waals surface area (Å²) in [7, 11) is 3.55. The molecule has 0 spiro atoms. The van der Waals surface area contributed by atoms with E-state index in [-0.39, 0.29) is 23.8 Å². The fourth-order valence-electron chi connectivity index (χ4n) is 3.77. The Morgan fingerprint density at radius 3 is 2.65 bits per heavy atom. The Labute approximate surface area is 151 Å². The molecule has 9 heteroatoms. The summed E-state index contributed by atoms with van der Waals surface area (Å²) in [6.07, 6.45) is 8.64. The molecule has 26 heavy (non-hydrogen) atoms. The van der Waals surface area contributed by atoms with Gasteiger partial charge >= 0.3 is 0 Å². The highest BCUT2D eigenvalue weighted by Crippen LogP contribution is 2.43. The summed E-state index contributed by atoms with van der Waals surface area (Å²) in [5.74, 6) is 0.119. The molecule has 2 amide bonds. The lowest BCUT2D eigenvalue weighted by molar-refractivity contribution is -0.139. The third-order valence-corrected chi connectivity index (χ3v) is 5.13. The lowest BCUT2D eigenvalue weighted by atomic mass is 9.85. The first-order valence-electron chi connectivity index (χ1n) is 8.97. The first-order valence-corrected chi connectivity index (χ1v) is 8.97. The van der Waals surface area contributed by atoms with Crippen molar-refractivity contribution >= 4 is 11.8 Å². The van der Waals surface area contributed by atoms with Crippen molar-refractivity contribution < 1.29 is 9.59 Å². The van der Waals surface area contributed by atoms with Crippen LogP contribution in [-0.2, 0) is 18.9 Å². The molecule has 1 N–H and O–H groups in total. The summed E-state index contributed by atoms with van der Waals surface area (Å²) in [5.41, 5.74) is 1.34. The van der Waals surface area contributed by atoms with Crippen LogP contribution in [0.5, 0.6) is 0 Å². The highest BCUT2D eigenvalue weighted by molar-refractivity contribution is 5.91. The van der Waals surface area contributed by atoms with Gasteiger partial charge in [-0.3, -0.25) is 14.3 Å². The number of nitrogens with one attached hydrogen (secondary N) is 1. The number of aryl methyl sites for hydroxylation is 2. The van der Waals surface area contributed by atoms with Gasteiger partial charge in [0.25, 0.3) is 5.91 Å². The van der Waals surface area contributed by atoms with E-state index >= 15 is 0 Å². The SMILES string of the molecule is Cn1cc([C@@H]2[C@@H](CNC(=O)c3cnn(C)n3)CCC(=O)N2C2CC2)cn1. The van der Waals surface area contributed by atoms with E-state index in [1.54, 1.807) is 11.7 Å². The molecule has 1 saturated carbocycles. The minimum Gasteiger partial charge on any atom is -0.350 e. The van der Waals surface area contributed by atoms with Crippen LogP contribution in [0.15, 0.2) is 18.6 Å². The fourth-order valence-corrected chi connectivity index (χ4v) is 3.77. The molecule has 0 aromatic carbocycles. The second-order valence-corrected chi connectivity index (χ2v) is 7.15. The molecule has 2 aromatic heterocycles. The zero-order valence-electron chi connectivity index (χ0n) is 15.0. The van der Waals surface area contributed by atoms with Gasteiger partial charge in [0.15, 0.2) is 5.69 Å².